The van der Waals surface area contributed by atoms with Crippen molar-refractivity contribution < 1.29 is 10.0 Å². The summed E-state index contributed by atoms with van der Waals surface area (Å²) in [4.78, 5) is 10.3. The number of benzene rings is 1. The van der Waals surface area contributed by atoms with E-state index in [1.807, 2.05) is 0 Å². The molecule has 0 aliphatic heterocycles. The molecule has 1 atom stereocenters. The Hall–Kier alpha value is -1.14. The standard InChI is InChI=1S/C12H15BrN2O3/c13-10-6-8(15(17)18)5-9(12(10)16)11(14)7-3-1-2-4-7/h5-7,11,16H,1-4,14H2/t11-/m1/s1. The zero-order valence-corrected chi connectivity index (χ0v) is 11.4. The van der Waals surface area contributed by atoms with Crippen molar-refractivity contribution in [3.05, 3.63) is 32.3 Å². The maximum atomic E-state index is 10.8. The lowest BCUT2D eigenvalue weighted by molar-refractivity contribution is -0.385. The molecule has 0 saturated heterocycles. The molecule has 18 heavy (non-hydrogen) atoms. The van der Waals surface area contributed by atoms with Crippen LogP contribution < -0.4 is 5.73 Å². The van der Waals surface area contributed by atoms with Gasteiger partial charge in [-0.3, -0.25) is 10.1 Å². The number of aromatic hydroxyl groups is 1. The Morgan fingerprint density at radius 2 is 2.06 bits per heavy atom. The number of hydrogen-bond acceptors (Lipinski definition) is 4. The molecule has 0 spiro atoms. The summed E-state index contributed by atoms with van der Waals surface area (Å²) in [5.74, 6) is 0.310. The van der Waals surface area contributed by atoms with Gasteiger partial charge >= 0.3 is 0 Å². The Labute approximate surface area is 113 Å². The van der Waals surface area contributed by atoms with Crippen molar-refractivity contribution in [1.29, 1.82) is 0 Å². The number of nitro benzene ring substituents is 1. The topological polar surface area (TPSA) is 89.4 Å². The molecule has 1 aliphatic carbocycles. The van der Waals surface area contributed by atoms with Gasteiger partial charge in [-0.05, 0) is 34.7 Å². The average molecular weight is 315 g/mol. The number of nitro groups is 1. The minimum absolute atomic E-state index is 0.0139. The molecule has 0 radical (unpaired) electrons. The van der Waals surface area contributed by atoms with E-state index in [4.69, 9.17) is 5.73 Å². The number of phenols is 1. The third-order valence-corrected chi connectivity index (χ3v) is 4.16. The normalized spacial score (nSPS) is 17.9. The fourth-order valence-corrected chi connectivity index (χ4v) is 3.00. The van der Waals surface area contributed by atoms with E-state index in [0.29, 0.717) is 16.0 Å². The maximum Gasteiger partial charge on any atom is 0.271 e. The first kappa shape index (κ1) is 13.3. The van der Waals surface area contributed by atoms with Crippen molar-refractivity contribution in [3.63, 3.8) is 0 Å². The van der Waals surface area contributed by atoms with E-state index in [9.17, 15) is 15.2 Å². The van der Waals surface area contributed by atoms with Crippen LogP contribution in [-0.2, 0) is 0 Å². The molecular formula is C12H15BrN2O3. The van der Waals surface area contributed by atoms with Crippen LogP contribution in [0.15, 0.2) is 16.6 Å². The molecule has 1 aromatic rings. The molecule has 5 nitrogen and oxygen atoms in total. The third-order valence-electron chi connectivity index (χ3n) is 3.56. The largest absolute Gasteiger partial charge is 0.506 e. The molecule has 1 aromatic carbocycles. The lowest BCUT2D eigenvalue weighted by Gasteiger charge is -2.20. The second-order valence-corrected chi connectivity index (χ2v) is 5.55. The highest BCUT2D eigenvalue weighted by Crippen LogP contribution is 2.41. The first-order chi connectivity index (χ1) is 8.50. The highest BCUT2D eigenvalue weighted by atomic mass is 79.9. The number of non-ortho nitro benzene ring substituents is 1. The molecule has 0 aromatic heterocycles. The molecule has 2 rings (SSSR count). The summed E-state index contributed by atoms with van der Waals surface area (Å²) < 4.78 is 0.320. The molecule has 0 bridgehead atoms. The minimum Gasteiger partial charge on any atom is -0.506 e. The third kappa shape index (κ3) is 2.49. The van der Waals surface area contributed by atoms with Crippen molar-refractivity contribution in [2.45, 2.75) is 31.7 Å². The van der Waals surface area contributed by atoms with Gasteiger partial charge in [0.05, 0.1) is 9.40 Å². The average Bonchev–Trinajstić information content (AvgIpc) is 2.85. The van der Waals surface area contributed by atoms with Crippen molar-refractivity contribution in [2.24, 2.45) is 11.7 Å². The van der Waals surface area contributed by atoms with Crippen LogP contribution in [0.2, 0.25) is 0 Å². The van der Waals surface area contributed by atoms with Gasteiger partial charge in [0.15, 0.2) is 0 Å². The van der Waals surface area contributed by atoms with Crippen LogP contribution in [-0.4, -0.2) is 10.0 Å². The number of rotatable bonds is 3. The van der Waals surface area contributed by atoms with E-state index >= 15 is 0 Å². The van der Waals surface area contributed by atoms with E-state index in [1.165, 1.54) is 12.1 Å². The number of hydrogen-bond donors (Lipinski definition) is 2. The molecule has 0 unspecified atom stereocenters. The minimum atomic E-state index is -0.477. The Morgan fingerprint density at radius 3 is 2.61 bits per heavy atom. The SMILES string of the molecule is N[C@@H](c1cc([N+](=O)[O-])cc(Br)c1O)C1CCCC1. The summed E-state index contributed by atoms with van der Waals surface area (Å²) >= 11 is 3.13. The lowest BCUT2D eigenvalue weighted by Crippen LogP contribution is -2.19. The molecule has 6 heteroatoms. The summed E-state index contributed by atoms with van der Waals surface area (Å²) in [7, 11) is 0. The molecule has 3 N–H and O–H groups in total. The molecule has 1 fully saturated rings. The fraction of sp³-hybridized carbons (Fsp3) is 0.500. The zero-order chi connectivity index (χ0) is 13.3. The monoisotopic (exact) mass is 314 g/mol. The van der Waals surface area contributed by atoms with E-state index < -0.39 is 4.92 Å². The Balaban J connectivity index is 2.38. The molecule has 0 heterocycles. The van der Waals surface area contributed by atoms with Gasteiger partial charge in [0.1, 0.15) is 5.75 Å². The number of nitrogens with zero attached hydrogens (tertiary/aromatic N) is 1. The van der Waals surface area contributed by atoms with Crippen LogP contribution in [0.3, 0.4) is 0 Å². The van der Waals surface area contributed by atoms with Crippen LogP contribution in [0.25, 0.3) is 0 Å². The predicted molar refractivity (Wildman–Crippen MR) is 71.3 cm³/mol. The van der Waals surface area contributed by atoms with Crippen LogP contribution in [0.1, 0.15) is 37.3 Å². The van der Waals surface area contributed by atoms with E-state index in [2.05, 4.69) is 15.9 Å². The van der Waals surface area contributed by atoms with Gasteiger partial charge < -0.3 is 10.8 Å². The van der Waals surface area contributed by atoms with Crippen LogP contribution in [0.5, 0.6) is 5.75 Å². The van der Waals surface area contributed by atoms with E-state index in [-0.39, 0.29) is 17.5 Å². The van der Waals surface area contributed by atoms with Crippen LogP contribution in [0, 0.1) is 16.0 Å². The molecule has 1 saturated carbocycles. The molecule has 98 valence electrons. The second kappa shape index (κ2) is 5.24. The summed E-state index contributed by atoms with van der Waals surface area (Å²) in [6.45, 7) is 0. The molecule has 1 aliphatic rings. The van der Waals surface area contributed by atoms with Gasteiger partial charge in [-0.25, -0.2) is 0 Å². The summed E-state index contributed by atoms with van der Waals surface area (Å²) in [6.07, 6.45) is 4.30. The summed E-state index contributed by atoms with van der Waals surface area (Å²) in [6, 6.07) is 2.33. The highest BCUT2D eigenvalue weighted by molar-refractivity contribution is 9.10. The van der Waals surface area contributed by atoms with Crippen molar-refractivity contribution in [3.8, 4) is 5.75 Å². The maximum absolute atomic E-state index is 10.8. The zero-order valence-electron chi connectivity index (χ0n) is 9.80. The number of halogens is 1. The fourth-order valence-electron chi connectivity index (χ4n) is 2.54. The van der Waals surface area contributed by atoms with E-state index in [1.54, 1.807) is 0 Å². The Kier molecular flexibility index (Phi) is 3.87. The predicted octanol–water partition coefficient (Wildman–Crippen LogP) is 3.25. The van der Waals surface area contributed by atoms with Gasteiger partial charge in [-0.2, -0.15) is 0 Å². The lowest BCUT2D eigenvalue weighted by atomic mass is 9.91. The number of phenolic OH excluding ortho intramolecular Hbond substituents is 1. The number of nitrogens with two attached hydrogens (primary N) is 1. The van der Waals surface area contributed by atoms with Gasteiger partial charge in [-0.15, -0.1) is 0 Å². The quantitative estimate of drug-likeness (QED) is 0.662. The van der Waals surface area contributed by atoms with Crippen molar-refractivity contribution >= 4 is 21.6 Å². The summed E-state index contributed by atoms with van der Waals surface area (Å²) in [5.41, 5.74) is 6.54. The van der Waals surface area contributed by atoms with Gasteiger partial charge in [0.2, 0.25) is 0 Å². The smallest absolute Gasteiger partial charge is 0.271 e. The second-order valence-electron chi connectivity index (χ2n) is 4.69. The van der Waals surface area contributed by atoms with Crippen molar-refractivity contribution in [1.82, 2.24) is 0 Å². The van der Waals surface area contributed by atoms with Gasteiger partial charge in [-0.1, -0.05) is 12.8 Å². The first-order valence-electron chi connectivity index (χ1n) is 5.93. The van der Waals surface area contributed by atoms with Crippen LogP contribution in [0.4, 0.5) is 5.69 Å². The highest BCUT2D eigenvalue weighted by Gasteiger charge is 2.27. The van der Waals surface area contributed by atoms with E-state index in [0.717, 1.165) is 25.7 Å². The first-order valence-corrected chi connectivity index (χ1v) is 6.72. The molecular weight excluding hydrogens is 300 g/mol. The Morgan fingerprint density at radius 1 is 1.44 bits per heavy atom. The van der Waals surface area contributed by atoms with Crippen LogP contribution >= 0.6 is 15.9 Å². The Bertz CT molecular complexity index is 473. The summed E-state index contributed by atoms with van der Waals surface area (Å²) in [5, 5.41) is 20.8. The van der Waals surface area contributed by atoms with Gasteiger partial charge in [0.25, 0.3) is 5.69 Å². The molecule has 0 amide bonds. The van der Waals surface area contributed by atoms with Gasteiger partial charge in [0, 0.05) is 23.7 Å². The van der Waals surface area contributed by atoms with Crippen molar-refractivity contribution in [2.75, 3.05) is 0 Å².